The summed E-state index contributed by atoms with van der Waals surface area (Å²) < 4.78 is 13.2. The molecule has 4 rings (SSSR count). The van der Waals surface area contributed by atoms with Crippen LogP contribution in [0.1, 0.15) is 22.8 Å². The van der Waals surface area contributed by atoms with Crippen molar-refractivity contribution >= 4 is 22.8 Å². The third-order valence-electron chi connectivity index (χ3n) is 4.39. The molecule has 3 aromatic rings. The quantitative estimate of drug-likeness (QED) is 0.666. The largest absolute Gasteiger partial charge is 0.479 e. The van der Waals surface area contributed by atoms with Crippen molar-refractivity contribution in [1.82, 2.24) is 4.57 Å². The van der Waals surface area contributed by atoms with Gasteiger partial charge in [0.2, 0.25) is 5.78 Å². The Morgan fingerprint density at radius 1 is 1.27 bits per heavy atom. The lowest BCUT2D eigenvalue weighted by molar-refractivity contribution is 0.101. The molecule has 2 heterocycles. The summed E-state index contributed by atoms with van der Waals surface area (Å²) in [5.41, 5.74) is 2.57. The summed E-state index contributed by atoms with van der Waals surface area (Å²) in [6, 6.07) is 15.0. The molecular weight excluding hydrogens is 328 g/mol. The number of rotatable bonds is 4. The van der Waals surface area contributed by atoms with E-state index >= 15 is 0 Å². The molecule has 5 nitrogen and oxygen atoms in total. The molecule has 0 aliphatic carbocycles. The van der Waals surface area contributed by atoms with Gasteiger partial charge in [0.1, 0.15) is 17.6 Å². The van der Waals surface area contributed by atoms with Gasteiger partial charge in [-0.25, -0.2) is 0 Å². The number of ether oxygens (including phenoxy) is 2. The fourth-order valence-corrected chi connectivity index (χ4v) is 3.17. The summed E-state index contributed by atoms with van der Waals surface area (Å²) in [4.78, 5) is 12.6. The highest BCUT2D eigenvalue weighted by atomic mass is 16.5. The van der Waals surface area contributed by atoms with E-state index in [-0.39, 0.29) is 18.1 Å². The summed E-state index contributed by atoms with van der Waals surface area (Å²) >= 11 is 0. The molecule has 0 N–H and O–H groups in total. The fraction of sp³-hybridized carbons (Fsp3) is 0.143. The maximum atomic E-state index is 12.6. The molecule has 26 heavy (non-hydrogen) atoms. The lowest BCUT2D eigenvalue weighted by atomic mass is 10.1. The number of benzene rings is 2. The van der Waals surface area contributed by atoms with E-state index in [4.69, 9.17) is 14.7 Å². The minimum atomic E-state index is -0.153. The van der Waals surface area contributed by atoms with Crippen LogP contribution in [-0.4, -0.2) is 17.0 Å². The molecule has 0 fully saturated rings. The van der Waals surface area contributed by atoms with Gasteiger partial charge in [-0.05, 0) is 31.2 Å². The van der Waals surface area contributed by atoms with Crippen LogP contribution in [0.2, 0.25) is 0 Å². The Kier molecular flexibility index (Phi) is 3.94. The van der Waals surface area contributed by atoms with Gasteiger partial charge in [0.15, 0.2) is 12.4 Å². The first-order valence-electron chi connectivity index (χ1n) is 8.37. The third-order valence-corrected chi connectivity index (χ3v) is 4.39. The van der Waals surface area contributed by atoms with E-state index in [2.05, 4.69) is 17.6 Å². The number of hydrogen-bond acceptors (Lipinski definition) is 4. The van der Waals surface area contributed by atoms with Crippen LogP contribution in [-0.2, 0) is 6.54 Å². The third kappa shape index (κ3) is 2.62. The summed E-state index contributed by atoms with van der Waals surface area (Å²) in [5.74, 6) is 1.09. The number of nitriles is 1. The number of ketones is 1. The first-order chi connectivity index (χ1) is 12.7. The highest BCUT2D eigenvalue weighted by molar-refractivity contribution is 6.15. The number of carbonyl (C=O) groups excluding carboxylic acids is 1. The summed E-state index contributed by atoms with van der Waals surface area (Å²) in [6.07, 6.45) is 3.81. The Morgan fingerprint density at radius 2 is 2.12 bits per heavy atom. The van der Waals surface area contributed by atoms with Crippen LogP contribution in [0, 0.1) is 11.3 Å². The van der Waals surface area contributed by atoms with Crippen LogP contribution in [0.25, 0.3) is 17.0 Å². The molecule has 0 atom stereocenters. The maximum Gasteiger partial charge on any atom is 0.231 e. The number of allylic oxidation sites excluding steroid dienone is 1. The van der Waals surface area contributed by atoms with Crippen molar-refractivity contribution < 1.29 is 14.3 Å². The zero-order valence-corrected chi connectivity index (χ0v) is 14.2. The van der Waals surface area contributed by atoms with Crippen LogP contribution in [0.5, 0.6) is 11.5 Å². The molecule has 0 amide bonds. The Morgan fingerprint density at radius 3 is 2.92 bits per heavy atom. The first-order valence-corrected chi connectivity index (χ1v) is 8.37. The average Bonchev–Trinajstić information content (AvgIpc) is 3.18. The van der Waals surface area contributed by atoms with E-state index in [0.717, 1.165) is 23.0 Å². The molecule has 0 spiro atoms. The number of aromatic nitrogens is 1. The molecule has 1 aromatic heterocycles. The van der Waals surface area contributed by atoms with Crippen LogP contribution >= 0.6 is 0 Å². The van der Waals surface area contributed by atoms with E-state index in [1.165, 1.54) is 0 Å². The highest BCUT2D eigenvalue weighted by Crippen LogP contribution is 2.35. The van der Waals surface area contributed by atoms with Crippen LogP contribution in [0.4, 0.5) is 0 Å². The topological polar surface area (TPSA) is 64.2 Å². The SMILES string of the molecule is CCn1cc(C=C2Oc3cc(OCC#N)ccc3C2=O)c2ccccc21. The Bertz CT molecular complexity index is 1090. The molecule has 0 bridgehead atoms. The lowest BCUT2D eigenvalue weighted by Crippen LogP contribution is -1.98. The lowest BCUT2D eigenvalue weighted by Gasteiger charge is -2.02. The van der Waals surface area contributed by atoms with E-state index in [1.807, 2.05) is 30.5 Å². The van der Waals surface area contributed by atoms with E-state index in [0.29, 0.717) is 17.1 Å². The van der Waals surface area contributed by atoms with Crippen molar-refractivity contribution in [3.05, 3.63) is 65.5 Å². The minimum Gasteiger partial charge on any atom is -0.479 e. The van der Waals surface area contributed by atoms with Gasteiger partial charge >= 0.3 is 0 Å². The maximum absolute atomic E-state index is 12.6. The van der Waals surface area contributed by atoms with Crippen LogP contribution in [0.15, 0.2) is 54.4 Å². The average molecular weight is 344 g/mol. The van der Waals surface area contributed by atoms with Crippen molar-refractivity contribution in [1.29, 1.82) is 5.26 Å². The van der Waals surface area contributed by atoms with Gasteiger partial charge in [-0.1, -0.05) is 18.2 Å². The van der Waals surface area contributed by atoms with Gasteiger partial charge in [-0.3, -0.25) is 4.79 Å². The number of Topliss-reactive ketones (excluding diaryl/α,β-unsaturated/α-hetero) is 1. The van der Waals surface area contributed by atoms with E-state index < -0.39 is 0 Å². The summed E-state index contributed by atoms with van der Waals surface area (Å²) in [6.45, 7) is 2.88. The standard InChI is InChI=1S/C21H16N2O3/c1-2-23-13-14(16-5-3-4-6-18(16)23)11-20-21(24)17-8-7-15(25-10-9-22)12-19(17)26-20/h3-8,11-13H,2,10H2,1H3. The van der Waals surface area contributed by atoms with E-state index in [9.17, 15) is 4.79 Å². The molecule has 2 aromatic carbocycles. The van der Waals surface area contributed by atoms with Gasteiger partial charge < -0.3 is 14.0 Å². The molecule has 5 heteroatoms. The molecule has 0 saturated carbocycles. The predicted molar refractivity (Wildman–Crippen MR) is 98.1 cm³/mol. The fourth-order valence-electron chi connectivity index (χ4n) is 3.17. The Balaban J connectivity index is 1.71. The summed E-state index contributed by atoms with van der Waals surface area (Å²) in [5, 5.41) is 9.68. The van der Waals surface area contributed by atoms with Crippen molar-refractivity contribution in [2.24, 2.45) is 0 Å². The van der Waals surface area contributed by atoms with Crippen molar-refractivity contribution in [2.75, 3.05) is 6.61 Å². The molecule has 0 radical (unpaired) electrons. The van der Waals surface area contributed by atoms with Gasteiger partial charge in [0.05, 0.1) is 5.56 Å². The van der Waals surface area contributed by atoms with Crippen molar-refractivity contribution in [3.63, 3.8) is 0 Å². The van der Waals surface area contributed by atoms with Gasteiger partial charge in [0, 0.05) is 35.3 Å². The monoisotopic (exact) mass is 344 g/mol. The zero-order chi connectivity index (χ0) is 18.1. The molecular formula is C21H16N2O3. The number of fused-ring (bicyclic) bond motifs is 2. The minimum absolute atomic E-state index is 0.0497. The van der Waals surface area contributed by atoms with Crippen molar-refractivity contribution in [3.8, 4) is 17.6 Å². The number of nitrogens with zero attached hydrogens (tertiary/aromatic N) is 2. The van der Waals surface area contributed by atoms with Crippen LogP contribution in [0.3, 0.4) is 0 Å². The number of aryl methyl sites for hydroxylation is 1. The summed E-state index contributed by atoms with van der Waals surface area (Å²) in [7, 11) is 0. The predicted octanol–water partition coefficient (Wildman–Crippen LogP) is 4.18. The van der Waals surface area contributed by atoms with Gasteiger partial charge in [0.25, 0.3) is 0 Å². The van der Waals surface area contributed by atoms with Crippen LogP contribution < -0.4 is 9.47 Å². The zero-order valence-electron chi connectivity index (χ0n) is 14.2. The van der Waals surface area contributed by atoms with Crippen molar-refractivity contribution in [2.45, 2.75) is 13.5 Å². The number of carbonyl (C=O) groups is 1. The highest BCUT2D eigenvalue weighted by Gasteiger charge is 2.28. The molecule has 128 valence electrons. The molecule has 0 unspecified atom stereocenters. The Hall–Kier alpha value is -3.52. The van der Waals surface area contributed by atoms with E-state index in [1.54, 1.807) is 24.3 Å². The molecule has 1 aliphatic rings. The second kappa shape index (κ2) is 6.41. The number of para-hydroxylation sites is 1. The smallest absolute Gasteiger partial charge is 0.231 e. The van der Waals surface area contributed by atoms with Gasteiger partial charge in [-0.15, -0.1) is 0 Å². The number of hydrogen-bond donors (Lipinski definition) is 0. The molecule has 0 saturated heterocycles. The normalized spacial score (nSPS) is 14.3. The Labute approximate surface area is 150 Å². The second-order valence-electron chi connectivity index (χ2n) is 5.93. The molecule has 1 aliphatic heterocycles. The second-order valence-corrected chi connectivity index (χ2v) is 5.93. The first kappa shape index (κ1) is 16.0. The van der Waals surface area contributed by atoms with Gasteiger partial charge in [-0.2, -0.15) is 5.26 Å².